The number of benzene rings is 12. The van der Waals surface area contributed by atoms with Gasteiger partial charge in [0, 0.05) is 93.2 Å². The monoisotopic (exact) mass is 1020 g/mol. The van der Waals surface area contributed by atoms with Crippen LogP contribution in [0.1, 0.15) is 0 Å². The van der Waals surface area contributed by atoms with Crippen LogP contribution in [-0.2, 0) is 0 Å². The van der Waals surface area contributed by atoms with Crippen LogP contribution in [0, 0.1) is 0 Å². The highest BCUT2D eigenvalue weighted by atomic mass is 15.0. The number of fused-ring (bicyclic) bond motifs is 15. The first-order chi connectivity index (χ1) is 39.7. The minimum absolute atomic E-state index is 0.686. The van der Waals surface area contributed by atoms with Crippen molar-refractivity contribution in [2.75, 3.05) is 0 Å². The van der Waals surface area contributed by atoms with E-state index in [0.29, 0.717) is 5.82 Å². The lowest BCUT2D eigenvalue weighted by molar-refractivity contribution is 1.15. The smallest absolute Gasteiger partial charge is 0.160 e. The summed E-state index contributed by atoms with van der Waals surface area (Å²) in [5.74, 6) is 0.686. The molecule has 0 amide bonds. The van der Waals surface area contributed by atoms with Crippen molar-refractivity contribution in [3.63, 3.8) is 0 Å². The fourth-order valence-corrected chi connectivity index (χ4v) is 13.8. The topological polar surface area (TPSA) is 45.5 Å². The summed E-state index contributed by atoms with van der Waals surface area (Å²) in [5.41, 5.74) is 21.0. The van der Waals surface area contributed by atoms with E-state index in [9.17, 15) is 0 Å². The maximum absolute atomic E-state index is 5.62. The Bertz CT molecular complexity index is 5390. The Hall–Kier alpha value is -10.8. The summed E-state index contributed by atoms with van der Waals surface area (Å²) in [7, 11) is 0. The number of nitrogens with zero attached hydrogens (tertiary/aromatic N) is 6. The lowest BCUT2D eigenvalue weighted by Crippen LogP contribution is -1.99. The number of aromatic nitrogens is 6. The third-order valence-electron chi connectivity index (χ3n) is 17.1. The highest BCUT2D eigenvalue weighted by Crippen LogP contribution is 2.52. The number of rotatable bonds is 6. The summed E-state index contributed by atoms with van der Waals surface area (Å²) in [6, 6.07) is 97.2. The molecule has 0 N–H and O–H groups in total. The van der Waals surface area contributed by atoms with E-state index < -0.39 is 0 Å². The van der Waals surface area contributed by atoms with Gasteiger partial charge in [-0.2, -0.15) is 0 Å². The quantitative estimate of drug-likeness (QED) is 0.167. The molecule has 0 aliphatic heterocycles. The standard InChI is InChI=1S/C74H44N6/c1-2-18-45(19-3-1)72-71-57-38-41-67(80-66-35-15-9-27-55(66)60-44-49(37-40-69(60)80)79-63-32-12-6-24-52(63)53-25-7-13-33-64(53)79)56-28-17-29-58(70(56)57)73(71)76-74(75-72)46-20-16-21-47(42-46)77-65-34-14-8-26-54(65)59-43-48(36-39-68(59)77)78-61-30-10-4-22-50(61)51-23-5-11-31-62(51)78/h1-44H. The van der Waals surface area contributed by atoms with Gasteiger partial charge >= 0.3 is 0 Å². The third-order valence-corrected chi connectivity index (χ3v) is 17.1. The molecule has 80 heavy (non-hydrogen) atoms. The minimum atomic E-state index is 0.686. The molecule has 17 aromatic rings. The highest BCUT2D eigenvalue weighted by molar-refractivity contribution is 6.21. The predicted molar refractivity (Wildman–Crippen MR) is 332 cm³/mol. The maximum Gasteiger partial charge on any atom is 0.160 e. The van der Waals surface area contributed by atoms with E-state index >= 15 is 0 Å². The molecule has 0 radical (unpaired) electrons. The van der Waals surface area contributed by atoms with Crippen LogP contribution in [0.15, 0.2) is 267 Å². The molecule has 0 saturated carbocycles. The Kier molecular flexibility index (Phi) is 8.85. The zero-order valence-electron chi connectivity index (χ0n) is 43.1. The second-order valence-corrected chi connectivity index (χ2v) is 21.2. The van der Waals surface area contributed by atoms with Gasteiger partial charge in [-0.1, -0.05) is 176 Å². The summed E-state index contributed by atoms with van der Waals surface area (Å²) in [6.07, 6.45) is 0. The van der Waals surface area contributed by atoms with Crippen LogP contribution in [0.2, 0.25) is 0 Å². The molecule has 18 rings (SSSR count). The van der Waals surface area contributed by atoms with E-state index in [0.717, 1.165) is 84.0 Å². The van der Waals surface area contributed by atoms with Gasteiger partial charge in [-0.05, 0) is 96.6 Å². The zero-order valence-corrected chi connectivity index (χ0v) is 43.1. The van der Waals surface area contributed by atoms with Crippen molar-refractivity contribution in [3.8, 4) is 67.8 Å². The van der Waals surface area contributed by atoms with Crippen LogP contribution in [0.3, 0.4) is 0 Å². The minimum Gasteiger partial charge on any atom is -0.309 e. The zero-order chi connectivity index (χ0) is 52.2. The van der Waals surface area contributed by atoms with Gasteiger partial charge in [0.25, 0.3) is 0 Å². The van der Waals surface area contributed by atoms with Gasteiger partial charge in [-0.25, -0.2) is 9.97 Å². The van der Waals surface area contributed by atoms with Crippen molar-refractivity contribution in [1.29, 1.82) is 0 Å². The molecular formula is C74H44N6. The van der Waals surface area contributed by atoms with Gasteiger partial charge in [-0.15, -0.1) is 0 Å². The fraction of sp³-hybridized carbons (Fsp3) is 0. The Morgan fingerprint density at radius 2 is 0.637 bits per heavy atom. The van der Waals surface area contributed by atoms with Crippen LogP contribution in [0.25, 0.3) is 166 Å². The largest absolute Gasteiger partial charge is 0.309 e. The number of hydrogen-bond donors (Lipinski definition) is 0. The highest BCUT2D eigenvalue weighted by Gasteiger charge is 2.30. The van der Waals surface area contributed by atoms with Crippen LogP contribution in [0.4, 0.5) is 0 Å². The summed E-state index contributed by atoms with van der Waals surface area (Å²) in [5, 5.41) is 12.2. The predicted octanol–water partition coefficient (Wildman–Crippen LogP) is 19.0. The van der Waals surface area contributed by atoms with E-state index in [1.807, 2.05) is 0 Å². The molecule has 0 fully saturated rings. The molecule has 370 valence electrons. The summed E-state index contributed by atoms with van der Waals surface area (Å²) >= 11 is 0. The Labute approximate surface area is 458 Å². The van der Waals surface area contributed by atoms with E-state index in [-0.39, 0.29) is 0 Å². The van der Waals surface area contributed by atoms with E-state index in [1.165, 1.54) is 75.9 Å². The number of hydrogen-bond acceptors (Lipinski definition) is 2. The first-order valence-corrected chi connectivity index (χ1v) is 27.4. The summed E-state index contributed by atoms with van der Waals surface area (Å²) in [6.45, 7) is 0. The third kappa shape index (κ3) is 5.96. The van der Waals surface area contributed by atoms with E-state index in [1.54, 1.807) is 0 Å². The molecule has 6 heteroatoms. The molecule has 0 spiro atoms. The van der Waals surface area contributed by atoms with Crippen molar-refractivity contribution >= 4 is 98.0 Å². The van der Waals surface area contributed by atoms with Gasteiger partial charge in [0.1, 0.15) is 0 Å². The lowest BCUT2D eigenvalue weighted by atomic mass is 9.98. The molecule has 5 heterocycles. The van der Waals surface area contributed by atoms with Crippen molar-refractivity contribution in [2.24, 2.45) is 0 Å². The van der Waals surface area contributed by atoms with Gasteiger partial charge in [0.2, 0.25) is 0 Å². The molecule has 1 aliphatic rings. The Balaban J connectivity index is 0.797. The molecule has 6 nitrogen and oxygen atoms in total. The normalized spacial score (nSPS) is 12.2. The summed E-state index contributed by atoms with van der Waals surface area (Å²) in [4.78, 5) is 11.2. The Morgan fingerprint density at radius 3 is 1.18 bits per heavy atom. The average Bonchev–Trinajstić information content (AvgIpc) is 4.51. The average molecular weight is 1020 g/mol. The molecule has 5 aromatic heterocycles. The van der Waals surface area contributed by atoms with Gasteiger partial charge in [0.15, 0.2) is 5.82 Å². The van der Waals surface area contributed by atoms with E-state index in [4.69, 9.17) is 9.97 Å². The van der Waals surface area contributed by atoms with Crippen LogP contribution in [-0.4, -0.2) is 28.2 Å². The van der Waals surface area contributed by atoms with Crippen molar-refractivity contribution in [1.82, 2.24) is 28.2 Å². The van der Waals surface area contributed by atoms with E-state index in [2.05, 4.69) is 285 Å². The maximum atomic E-state index is 5.62. The van der Waals surface area contributed by atoms with Gasteiger partial charge < -0.3 is 18.3 Å². The molecule has 1 aliphatic carbocycles. The van der Waals surface area contributed by atoms with Gasteiger partial charge in [-0.3, -0.25) is 0 Å². The first kappa shape index (κ1) is 43.3. The number of para-hydroxylation sites is 6. The van der Waals surface area contributed by atoms with Crippen molar-refractivity contribution in [3.05, 3.63) is 267 Å². The second kappa shape index (κ2) is 16.4. The second-order valence-electron chi connectivity index (χ2n) is 21.2. The lowest BCUT2D eigenvalue weighted by Gasteiger charge is -2.15. The summed E-state index contributed by atoms with van der Waals surface area (Å²) < 4.78 is 9.68. The van der Waals surface area contributed by atoms with Crippen molar-refractivity contribution in [2.45, 2.75) is 0 Å². The molecule has 0 unspecified atom stereocenters. The molecule has 0 atom stereocenters. The SMILES string of the molecule is c1ccc(-c2nc(-c3cccc(-n4c5ccccc5c5cc(-n6c7ccccc7c7ccccc76)ccc54)c3)nc3c2-c2ccc(-n4c5ccccc5c5cc(-n6c7ccccc7c7ccccc76)ccc54)c4cccc-3c24)cc1. The fourth-order valence-electron chi connectivity index (χ4n) is 13.8. The van der Waals surface area contributed by atoms with Gasteiger partial charge in [0.05, 0.1) is 61.2 Å². The van der Waals surface area contributed by atoms with Crippen LogP contribution >= 0.6 is 0 Å². The van der Waals surface area contributed by atoms with Crippen LogP contribution in [0.5, 0.6) is 0 Å². The Morgan fingerprint density at radius 1 is 0.237 bits per heavy atom. The molecular weight excluding hydrogens is 973 g/mol. The molecule has 0 bridgehead atoms. The molecule has 12 aromatic carbocycles. The van der Waals surface area contributed by atoms with Crippen LogP contribution < -0.4 is 0 Å². The molecule has 0 saturated heterocycles. The first-order valence-electron chi connectivity index (χ1n) is 27.4. The van der Waals surface area contributed by atoms with Crippen molar-refractivity contribution < 1.29 is 0 Å².